The molecule has 5 heteroatoms. The van der Waals surface area contributed by atoms with Crippen molar-refractivity contribution < 1.29 is 14.6 Å². The fourth-order valence-corrected chi connectivity index (χ4v) is 1.92. The number of hydrogen-bond acceptors (Lipinski definition) is 3. The minimum absolute atomic E-state index is 0.225. The van der Waals surface area contributed by atoms with Gasteiger partial charge in [-0.15, -0.1) is 0 Å². The maximum atomic E-state index is 10.8. The van der Waals surface area contributed by atoms with Crippen LogP contribution in [-0.4, -0.2) is 24.2 Å². The topological polar surface area (TPSA) is 58.6 Å². The smallest absolute Gasteiger partial charge is 0.335 e. The van der Waals surface area contributed by atoms with Crippen molar-refractivity contribution in [1.29, 1.82) is 0 Å². The molecule has 0 fully saturated rings. The van der Waals surface area contributed by atoms with E-state index in [2.05, 4.69) is 21.2 Å². The lowest BCUT2D eigenvalue weighted by Gasteiger charge is -2.09. The van der Waals surface area contributed by atoms with Crippen LogP contribution in [0, 0.1) is 0 Å². The Hall–Kier alpha value is -2.01. The molecule has 0 saturated carbocycles. The molecule has 0 saturated heterocycles. The van der Waals surface area contributed by atoms with Crippen LogP contribution >= 0.6 is 15.9 Å². The molecule has 0 radical (unpaired) electrons. The van der Waals surface area contributed by atoms with Gasteiger partial charge < -0.3 is 15.2 Å². The number of nitrogens with one attached hydrogen (secondary N) is 1. The zero-order valence-electron chi connectivity index (χ0n) is 10.7. The molecule has 0 aliphatic carbocycles. The highest BCUT2D eigenvalue weighted by Gasteiger charge is 2.03. The molecule has 4 nitrogen and oxygen atoms in total. The molecule has 0 atom stereocenters. The number of carboxylic acid groups (broad SMARTS) is 1. The molecule has 20 heavy (non-hydrogen) atoms. The number of ether oxygens (including phenoxy) is 1. The number of halogens is 1. The summed E-state index contributed by atoms with van der Waals surface area (Å²) < 4.78 is 6.54. The SMILES string of the molecule is O=C(O)c1cccc(OCCNc2ccc(Br)cc2)c1. The summed E-state index contributed by atoms with van der Waals surface area (Å²) in [6, 6.07) is 14.3. The van der Waals surface area contributed by atoms with Gasteiger partial charge in [-0.3, -0.25) is 0 Å². The van der Waals surface area contributed by atoms with E-state index < -0.39 is 5.97 Å². The highest BCUT2D eigenvalue weighted by Crippen LogP contribution is 2.15. The van der Waals surface area contributed by atoms with Gasteiger partial charge in [0.15, 0.2) is 0 Å². The van der Waals surface area contributed by atoms with Crippen molar-refractivity contribution >= 4 is 27.6 Å². The molecule has 2 N–H and O–H groups in total. The molecule has 0 aliphatic heterocycles. The summed E-state index contributed by atoms with van der Waals surface area (Å²) in [6.45, 7) is 1.10. The van der Waals surface area contributed by atoms with Crippen LogP contribution in [0.25, 0.3) is 0 Å². The van der Waals surface area contributed by atoms with E-state index in [0.29, 0.717) is 18.9 Å². The number of carbonyl (C=O) groups is 1. The number of benzene rings is 2. The predicted octanol–water partition coefficient (Wildman–Crippen LogP) is 3.64. The van der Waals surface area contributed by atoms with Gasteiger partial charge in [0.05, 0.1) is 5.56 Å². The Balaban J connectivity index is 1.79. The second-order valence-corrected chi connectivity index (χ2v) is 5.03. The third-order valence-electron chi connectivity index (χ3n) is 2.63. The number of aromatic carboxylic acids is 1. The molecule has 0 aromatic heterocycles. The molecule has 0 aliphatic rings. The summed E-state index contributed by atoms with van der Waals surface area (Å²) in [4.78, 5) is 10.8. The predicted molar refractivity (Wildman–Crippen MR) is 81.5 cm³/mol. The maximum Gasteiger partial charge on any atom is 0.335 e. The summed E-state index contributed by atoms with van der Waals surface area (Å²) in [5.74, 6) is -0.397. The van der Waals surface area contributed by atoms with E-state index in [0.717, 1.165) is 10.2 Å². The van der Waals surface area contributed by atoms with Crippen molar-refractivity contribution in [2.45, 2.75) is 0 Å². The van der Waals surface area contributed by atoms with Crippen LogP contribution < -0.4 is 10.1 Å². The van der Waals surface area contributed by atoms with Crippen molar-refractivity contribution in [3.05, 3.63) is 58.6 Å². The van der Waals surface area contributed by atoms with Crippen LogP contribution in [0.2, 0.25) is 0 Å². The fourth-order valence-electron chi connectivity index (χ4n) is 1.65. The zero-order valence-corrected chi connectivity index (χ0v) is 12.3. The van der Waals surface area contributed by atoms with E-state index in [-0.39, 0.29) is 5.56 Å². The molecule has 2 rings (SSSR count). The number of carboxylic acids is 1. The summed E-state index contributed by atoms with van der Waals surface area (Å²) >= 11 is 3.38. The molecule has 2 aromatic rings. The monoisotopic (exact) mass is 335 g/mol. The van der Waals surface area contributed by atoms with Crippen molar-refractivity contribution in [3.8, 4) is 5.75 Å². The van der Waals surface area contributed by atoms with Crippen LogP contribution in [0.15, 0.2) is 53.0 Å². The van der Waals surface area contributed by atoms with Crippen molar-refractivity contribution in [2.24, 2.45) is 0 Å². The minimum Gasteiger partial charge on any atom is -0.492 e. The van der Waals surface area contributed by atoms with E-state index in [1.807, 2.05) is 24.3 Å². The molecule has 104 valence electrons. The minimum atomic E-state index is -0.955. The summed E-state index contributed by atoms with van der Waals surface area (Å²) in [5, 5.41) is 12.1. The second kappa shape index (κ2) is 6.96. The quantitative estimate of drug-likeness (QED) is 0.791. The summed E-state index contributed by atoms with van der Waals surface area (Å²) in [7, 11) is 0. The second-order valence-electron chi connectivity index (χ2n) is 4.12. The standard InChI is InChI=1S/C15H14BrNO3/c16-12-4-6-13(7-5-12)17-8-9-20-14-3-1-2-11(10-14)15(18)19/h1-7,10,17H,8-9H2,(H,18,19). The molecule has 0 heterocycles. The Bertz CT molecular complexity index is 584. The van der Waals surface area contributed by atoms with Gasteiger partial charge in [0.25, 0.3) is 0 Å². The molecular weight excluding hydrogens is 322 g/mol. The zero-order chi connectivity index (χ0) is 14.4. The van der Waals surface area contributed by atoms with Gasteiger partial charge in [-0.1, -0.05) is 22.0 Å². The van der Waals surface area contributed by atoms with Gasteiger partial charge >= 0.3 is 5.97 Å². The van der Waals surface area contributed by atoms with Crippen molar-refractivity contribution in [1.82, 2.24) is 0 Å². The lowest BCUT2D eigenvalue weighted by Crippen LogP contribution is -2.11. The van der Waals surface area contributed by atoms with Crippen LogP contribution in [0.1, 0.15) is 10.4 Å². The van der Waals surface area contributed by atoms with E-state index in [1.54, 1.807) is 12.1 Å². The van der Waals surface area contributed by atoms with Gasteiger partial charge in [0, 0.05) is 16.7 Å². The van der Waals surface area contributed by atoms with Crippen molar-refractivity contribution in [3.63, 3.8) is 0 Å². The lowest BCUT2D eigenvalue weighted by atomic mass is 10.2. The van der Waals surface area contributed by atoms with Gasteiger partial charge in [-0.25, -0.2) is 4.79 Å². The van der Waals surface area contributed by atoms with Crippen LogP contribution in [0.3, 0.4) is 0 Å². The van der Waals surface area contributed by atoms with E-state index >= 15 is 0 Å². The fraction of sp³-hybridized carbons (Fsp3) is 0.133. The maximum absolute atomic E-state index is 10.8. The van der Waals surface area contributed by atoms with E-state index in [9.17, 15) is 4.79 Å². The molecule has 0 amide bonds. The van der Waals surface area contributed by atoms with Crippen LogP contribution in [0.5, 0.6) is 5.75 Å². The average Bonchev–Trinajstić information content (AvgIpc) is 2.46. The molecular formula is C15H14BrNO3. The molecule has 0 spiro atoms. The normalized spacial score (nSPS) is 10.1. The number of anilines is 1. The largest absolute Gasteiger partial charge is 0.492 e. The van der Waals surface area contributed by atoms with Crippen LogP contribution in [0.4, 0.5) is 5.69 Å². The summed E-state index contributed by atoms with van der Waals surface area (Å²) in [6.07, 6.45) is 0. The number of rotatable bonds is 6. The first kappa shape index (κ1) is 14.4. The van der Waals surface area contributed by atoms with Crippen LogP contribution in [-0.2, 0) is 0 Å². The summed E-state index contributed by atoms with van der Waals surface area (Å²) in [5.41, 5.74) is 1.24. The Morgan fingerprint density at radius 2 is 1.95 bits per heavy atom. The van der Waals surface area contributed by atoms with Crippen molar-refractivity contribution in [2.75, 3.05) is 18.5 Å². The van der Waals surface area contributed by atoms with Gasteiger partial charge in [0.1, 0.15) is 12.4 Å². The van der Waals surface area contributed by atoms with Gasteiger partial charge in [-0.2, -0.15) is 0 Å². The Morgan fingerprint density at radius 3 is 2.65 bits per heavy atom. The molecule has 0 unspecified atom stereocenters. The molecule has 0 bridgehead atoms. The molecule has 2 aromatic carbocycles. The first-order valence-corrected chi connectivity index (χ1v) is 6.90. The lowest BCUT2D eigenvalue weighted by molar-refractivity contribution is 0.0696. The van der Waals surface area contributed by atoms with Gasteiger partial charge in [0.2, 0.25) is 0 Å². The third kappa shape index (κ3) is 4.28. The Kier molecular flexibility index (Phi) is 5.01. The number of hydrogen-bond donors (Lipinski definition) is 2. The first-order valence-electron chi connectivity index (χ1n) is 6.11. The highest BCUT2D eigenvalue weighted by molar-refractivity contribution is 9.10. The Morgan fingerprint density at radius 1 is 1.20 bits per heavy atom. The highest BCUT2D eigenvalue weighted by atomic mass is 79.9. The third-order valence-corrected chi connectivity index (χ3v) is 3.15. The average molecular weight is 336 g/mol. The first-order chi connectivity index (χ1) is 9.65. The van der Waals surface area contributed by atoms with E-state index in [4.69, 9.17) is 9.84 Å². The van der Waals surface area contributed by atoms with E-state index in [1.165, 1.54) is 12.1 Å². The Labute approximate surface area is 125 Å². The van der Waals surface area contributed by atoms with Gasteiger partial charge in [-0.05, 0) is 42.5 Å².